The lowest BCUT2D eigenvalue weighted by Gasteiger charge is -2.32. The summed E-state index contributed by atoms with van der Waals surface area (Å²) in [6, 6.07) is 13.0. The summed E-state index contributed by atoms with van der Waals surface area (Å²) in [5.74, 6) is 0.447. The van der Waals surface area contributed by atoms with Gasteiger partial charge < -0.3 is 21.3 Å². The molecule has 2 fully saturated rings. The van der Waals surface area contributed by atoms with Gasteiger partial charge in [-0.05, 0) is 60.8 Å². The van der Waals surface area contributed by atoms with Crippen molar-refractivity contribution in [3.8, 4) is 0 Å². The molecule has 1 aliphatic carbocycles. The molecule has 174 valence electrons. The predicted octanol–water partition coefficient (Wildman–Crippen LogP) is 3.74. The summed E-state index contributed by atoms with van der Waals surface area (Å²) in [7, 11) is 0. The number of amides is 3. The first-order valence-corrected chi connectivity index (χ1v) is 12.6. The van der Waals surface area contributed by atoms with E-state index in [4.69, 9.17) is 5.73 Å². The highest BCUT2D eigenvalue weighted by Gasteiger charge is 2.29. The number of rotatable bonds is 6. The Morgan fingerprint density at radius 2 is 1.91 bits per heavy atom. The van der Waals surface area contributed by atoms with Crippen molar-refractivity contribution in [2.45, 2.75) is 49.1 Å². The van der Waals surface area contributed by atoms with Crippen molar-refractivity contribution >= 4 is 35.2 Å². The van der Waals surface area contributed by atoms with E-state index < -0.39 is 12.1 Å². The van der Waals surface area contributed by atoms with Crippen molar-refractivity contribution in [3.63, 3.8) is 0 Å². The second-order valence-electron chi connectivity index (χ2n) is 8.62. The summed E-state index contributed by atoms with van der Waals surface area (Å²) >= 11 is 1.51. The Morgan fingerprint density at radius 3 is 2.55 bits per heavy atom. The molecule has 3 amide bonds. The minimum absolute atomic E-state index is 0.0299. The van der Waals surface area contributed by atoms with Gasteiger partial charge in [0.25, 0.3) is 5.91 Å². The molecule has 0 spiro atoms. The number of hydrogen-bond donors (Lipinski definition) is 3. The minimum atomic E-state index is -0.426. The molecule has 1 unspecified atom stereocenters. The Morgan fingerprint density at radius 1 is 1.12 bits per heavy atom. The van der Waals surface area contributed by atoms with Crippen molar-refractivity contribution in [1.82, 2.24) is 10.2 Å². The number of nitrogens with one attached hydrogen (secondary N) is 2. The number of Topliss-reactive ketones (excluding diaryl/α,β-unsaturated/α-hetero) is 1. The molecule has 33 heavy (non-hydrogen) atoms. The van der Waals surface area contributed by atoms with Gasteiger partial charge in [-0.25, -0.2) is 4.79 Å². The lowest BCUT2D eigenvalue weighted by molar-refractivity contribution is -0.126. The normalized spacial score (nSPS) is 18.5. The average molecular weight is 467 g/mol. The van der Waals surface area contributed by atoms with Crippen molar-refractivity contribution in [3.05, 3.63) is 59.2 Å². The fourth-order valence-corrected chi connectivity index (χ4v) is 4.86. The number of carbonyl (C=O) groups is 3. The molecule has 7 nitrogen and oxygen atoms in total. The Bertz CT molecular complexity index is 1050. The molecule has 0 aromatic heterocycles. The quantitative estimate of drug-likeness (QED) is 0.563. The zero-order valence-electron chi connectivity index (χ0n) is 18.8. The molecule has 1 heterocycles. The number of piperidine rings is 1. The number of thioether (sulfide) groups is 1. The Balaban J connectivity index is 1.40. The van der Waals surface area contributed by atoms with E-state index >= 15 is 0 Å². The molecular weight excluding hydrogens is 436 g/mol. The summed E-state index contributed by atoms with van der Waals surface area (Å²) in [4.78, 5) is 39.8. The summed E-state index contributed by atoms with van der Waals surface area (Å²) in [6.07, 6.45) is 4.94. The highest BCUT2D eigenvalue weighted by Crippen LogP contribution is 2.30. The maximum atomic E-state index is 13.3. The van der Waals surface area contributed by atoms with E-state index in [2.05, 4.69) is 28.8 Å². The summed E-state index contributed by atoms with van der Waals surface area (Å²) < 4.78 is 0. The molecule has 1 atom stereocenters. The Kier molecular flexibility index (Phi) is 7.35. The number of carbonyl (C=O) groups excluding carboxylic acids is 3. The Hall–Kier alpha value is -2.84. The van der Waals surface area contributed by atoms with Crippen molar-refractivity contribution < 1.29 is 14.4 Å². The van der Waals surface area contributed by atoms with E-state index in [9.17, 15) is 14.4 Å². The van der Waals surface area contributed by atoms with Crippen LogP contribution in [0.2, 0.25) is 0 Å². The number of anilines is 1. The zero-order chi connectivity index (χ0) is 23.4. The van der Waals surface area contributed by atoms with E-state index in [1.165, 1.54) is 17.3 Å². The maximum Gasteiger partial charge on any atom is 0.319 e. The monoisotopic (exact) mass is 466 g/mol. The second kappa shape index (κ2) is 10.4. The van der Waals surface area contributed by atoms with E-state index in [1.54, 1.807) is 6.07 Å². The summed E-state index contributed by atoms with van der Waals surface area (Å²) in [5.41, 5.74) is 9.30. The van der Waals surface area contributed by atoms with Crippen LogP contribution >= 0.6 is 11.8 Å². The van der Waals surface area contributed by atoms with Crippen LogP contribution in [0.5, 0.6) is 0 Å². The van der Waals surface area contributed by atoms with E-state index in [-0.39, 0.29) is 11.7 Å². The van der Waals surface area contributed by atoms with Crippen LogP contribution in [0.3, 0.4) is 0 Å². The van der Waals surface area contributed by atoms with Crippen LogP contribution in [0.15, 0.2) is 47.4 Å². The van der Waals surface area contributed by atoms with Gasteiger partial charge in [-0.1, -0.05) is 24.3 Å². The third kappa shape index (κ3) is 5.57. The van der Waals surface area contributed by atoms with E-state index in [0.717, 1.165) is 23.3 Å². The number of urea groups is 1. The lowest BCUT2D eigenvalue weighted by atomic mass is 9.88. The maximum absolute atomic E-state index is 13.3. The van der Waals surface area contributed by atoms with Crippen LogP contribution in [-0.2, 0) is 11.3 Å². The minimum Gasteiger partial charge on any atom is -0.339 e. The number of likely N-dealkylation sites (tertiary alicyclic amines) is 1. The average Bonchev–Trinajstić information content (AvgIpc) is 2.85. The van der Waals surface area contributed by atoms with Crippen molar-refractivity contribution in [2.75, 3.05) is 24.7 Å². The number of benzene rings is 2. The van der Waals surface area contributed by atoms with Crippen LogP contribution in [-0.4, -0.2) is 48.0 Å². The number of nitrogens with two attached hydrogens (primary N) is 1. The second-order valence-corrected chi connectivity index (χ2v) is 9.50. The molecule has 1 saturated heterocycles. The fraction of sp³-hybridized carbons (Fsp3) is 0.400. The highest BCUT2D eigenvalue weighted by atomic mass is 32.2. The first-order chi connectivity index (χ1) is 16.0. The molecular formula is C25H30N4O3S. The third-order valence-electron chi connectivity index (χ3n) is 6.46. The summed E-state index contributed by atoms with van der Waals surface area (Å²) in [6.45, 7) is 1.90. The van der Waals surface area contributed by atoms with E-state index in [1.807, 2.05) is 29.4 Å². The van der Waals surface area contributed by atoms with Gasteiger partial charge in [0.15, 0.2) is 5.78 Å². The van der Waals surface area contributed by atoms with Crippen molar-refractivity contribution in [1.29, 1.82) is 0 Å². The topological polar surface area (TPSA) is 105 Å². The molecule has 2 aromatic carbocycles. The first kappa shape index (κ1) is 23.3. The van der Waals surface area contributed by atoms with Gasteiger partial charge in [-0.15, -0.1) is 11.8 Å². The van der Waals surface area contributed by atoms with E-state index in [0.29, 0.717) is 49.6 Å². The van der Waals surface area contributed by atoms with Gasteiger partial charge in [0.05, 0.1) is 6.04 Å². The standard InChI is InChI=1S/C25H30N4O3S/c1-33-21-13-19(12-20(14-21)27-25(32)28-22-5-6-23(22)30)24(31)29-9-7-17(8-10-29)18-4-2-3-16(11-18)15-26/h2-4,11-14,17,22H,5-10,15,26H2,1H3,(H2,27,28,32). The number of ketones is 1. The van der Waals surface area contributed by atoms with Gasteiger partial charge in [-0.2, -0.15) is 0 Å². The smallest absolute Gasteiger partial charge is 0.319 e. The van der Waals surface area contributed by atoms with Gasteiger partial charge >= 0.3 is 6.03 Å². The van der Waals surface area contributed by atoms with Gasteiger partial charge in [-0.3, -0.25) is 9.59 Å². The van der Waals surface area contributed by atoms with Crippen LogP contribution < -0.4 is 16.4 Å². The SMILES string of the molecule is CSc1cc(NC(=O)NC2CCC2=O)cc(C(=O)N2CCC(c3cccc(CN)c3)CC2)c1. The fourth-order valence-electron chi connectivity index (χ4n) is 4.37. The molecule has 1 saturated carbocycles. The largest absolute Gasteiger partial charge is 0.339 e. The summed E-state index contributed by atoms with van der Waals surface area (Å²) in [5, 5.41) is 5.46. The van der Waals surface area contributed by atoms with Crippen LogP contribution in [0.1, 0.15) is 53.1 Å². The lowest BCUT2D eigenvalue weighted by Crippen LogP contribution is -2.48. The number of hydrogen-bond acceptors (Lipinski definition) is 5. The molecule has 4 rings (SSSR count). The molecule has 8 heteroatoms. The molecule has 4 N–H and O–H groups in total. The van der Waals surface area contributed by atoms with Crippen LogP contribution in [0.25, 0.3) is 0 Å². The highest BCUT2D eigenvalue weighted by molar-refractivity contribution is 7.98. The zero-order valence-corrected chi connectivity index (χ0v) is 19.6. The van der Waals surface area contributed by atoms with Crippen LogP contribution in [0.4, 0.5) is 10.5 Å². The molecule has 0 bridgehead atoms. The van der Waals surface area contributed by atoms with Crippen LogP contribution in [0, 0.1) is 0 Å². The molecule has 1 aliphatic heterocycles. The Labute approximate surface area is 198 Å². The van der Waals surface area contributed by atoms with Gasteiger partial charge in [0.1, 0.15) is 0 Å². The predicted molar refractivity (Wildman–Crippen MR) is 131 cm³/mol. The molecule has 2 aromatic rings. The first-order valence-electron chi connectivity index (χ1n) is 11.3. The molecule has 0 radical (unpaired) electrons. The molecule has 2 aliphatic rings. The van der Waals surface area contributed by atoms with Gasteiger partial charge in [0, 0.05) is 42.2 Å². The third-order valence-corrected chi connectivity index (χ3v) is 7.17. The van der Waals surface area contributed by atoms with Gasteiger partial charge in [0.2, 0.25) is 0 Å². The number of nitrogens with zero attached hydrogens (tertiary/aromatic N) is 1. The van der Waals surface area contributed by atoms with Crippen molar-refractivity contribution in [2.24, 2.45) is 5.73 Å².